The quantitative estimate of drug-likeness (QED) is 0.393. The predicted octanol–water partition coefficient (Wildman–Crippen LogP) is 3.07. The van der Waals surface area contributed by atoms with Gasteiger partial charge in [0.25, 0.3) is 6.47 Å². The van der Waals surface area contributed by atoms with Gasteiger partial charge in [0, 0.05) is 0 Å². The van der Waals surface area contributed by atoms with E-state index >= 15 is 0 Å². The third-order valence-corrected chi connectivity index (χ3v) is 1.83. The molecular weight excluding hydrogens is 152 g/mol. The van der Waals surface area contributed by atoms with Crippen LogP contribution in [-0.2, 0) is 9.53 Å². The molecule has 1 radical (unpaired) electrons. The molecule has 2 nitrogen and oxygen atoms in total. The molecule has 0 saturated carbocycles. The molecule has 12 heavy (non-hydrogen) atoms. The molecule has 0 heterocycles. The lowest BCUT2D eigenvalue weighted by atomic mass is 10.1. The van der Waals surface area contributed by atoms with Crippen molar-refractivity contribution in [3.8, 4) is 0 Å². The van der Waals surface area contributed by atoms with Crippen LogP contribution in [0.2, 0.25) is 0 Å². The Bertz CT molecular complexity index is 91.8. The zero-order valence-electron chi connectivity index (χ0n) is 7.92. The normalized spacial score (nSPS) is 9.75. The molecular formula is C10H19O2. The Labute approximate surface area is 75.3 Å². The molecule has 71 valence electrons. The summed E-state index contributed by atoms with van der Waals surface area (Å²) in [5.74, 6) is 0. The summed E-state index contributed by atoms with van der Waals surface area (Å²) in [4.78, 5) is 9.73. The first-order valence-electron chi connectivity index (χ1n) is 4.82. The minimum atomic E-state index is 0.469. The third kappa shape index (κ3) is 9.47. The monoisotopic (exact) mass is 171 g/mol. The molecule has 0 aromatic carbocycles. The van der Waals surface area contributed by atoms with Gasteiger partial charge in [-0.05, 0) is 12.8 Å². The van der Waals surface area contributed by atoms with Crippen molar-refractivity contribution in [2.45, 2.75) is 51.9 Å². The van der Waals surface area contributed by atoms with Gasteiger partial charge in [-0.25, -0.2) is 0 Å². The number of hydrogen-bond acceptors (Lipinski definition) is 2. The van der Waals surface area contributed by atoms with E-state index in [1.807, 2.05) is 0 Å². The molecule has 0 saturated heterocycles. The molecule has 0 spiro atoms. The number of rotatable bonds is 9. The molecule has 0 aliphatic carbocycles. The molecule has 0 aliphatic heterocycles. The van der Waals surface area contributed by atoms with Crippen LogP contribution in [0.25, 0.3) is 0 Å². The zero-order valence-corrected chi connectivity index (χ0v) is 7.92. The number of carbonyl (C=O) groups excluding carboxylic acids is 1. The minimum Gasteiger partial charge on any atom is -0.461 e. The molecule has 0 bridgehead atoms. The average Bonchev–Trinajstić information content (AvgIpc) is 2.10. The first-order chi connectivity index (χ1) is 5.91. The standard InChI is InChI=1S/C10H19O2/c1-2-3-4-5-6-7-8-9-12-10-11/h9-10H,2-8H2,1H3. The molecule has 0 atom stereocenters. The van der Waals surface area contributed by atoms with Gasteiger partial charge < -0.3 is 4.74 Å². The molecule has 0 N–H and O–H groups in total. The van der Waals surface area contributed by atoms with Crippen LogP contribution >= 0.6 is 0 Å². The highest BCUT2D eigenvalue weighted by Crippen LogP contribution is 2.07. The second-order valence-corrected chi connectivity index (χ2v) is 2.96. The summed E-state index contributed by atoms with van der Waals surface area (Å²) in [6, 6.07) is 0. The molecule has 2 heteroatoms. The van der Waals surface area contributed by atoms with Crippen LogP contribution in [0, 0.1) is 6.61 Å². The number of unbranched alkanes of at least 4 members (excludes halogenated alkanes) is 6. The van der Waals surface area contributed by atoms with Crippen LogP contribution in [0.15, 0.2) is 0 Å². The van der Waals surface area contributed by atoms with Gasteiger partial charge in [0.2, 0.25) is 0 Å². The smallest absolute Gasteiger partial charge is 0.293 e. The van der Waals surface area contributed by atoms with E-state index in [1.54, 1.807) is 6.61 Å². The summed E-state index contributed by atoms with van der Waals surface area (Å²) >= 11 is 0. The largest absolute Gasteiger partial charge is 0.461 e. The summed E-state index contributed by atoms with van der Waals surface area (Å²) in [7, 11) is 0. The van der Waals surface area contributed by atoms with Crippen molar-refractivity contribution in [1.82, 2.24) is 0 Å². The van der Waals surface area contributed by atoms with E-state index in [4.69, 9.17) is 0 Å². The van der Waals surface area contributed by atoms with Gasteiger partial charge in [-0.2, -0.15) is 0 Å². The maximum Gasteiger partial charge on any atom is 0.293 e. The molecule has 0 aromatic rings. The Morgan fingerprint density at radius 3 is 2.42 bits per heavy atom. The van der Waals surface area contributed by atoms with Gasteiger partial charge in [-0.15, -0.1) is 0 Å². The summed E-state index contributed by atoms with van der Waals surface area (Å²) in [6.07, 6.45) is 8.56. The van der Waals surface area contributed by atoms with E-state index in [2.05, 4.69) is 11.7 Å². The first kappa shape index (κ1) is 11.5. The fourth-order valence-corrected chi connectivity index (χ4v) is 1.12. The predicted molar refractivity (Wildman–Crippen MR) is 49.4 cm³/mol. The SMILES string of the molecule is CCCCCCCC[CH]OC=O. The van der Waals surface area contributed by atoms with E-state index in [9.17, 15) is 4.79 Å². The highest BCUT2D eigenvalue weighted by Gasteiger charge is 1.90. The van der Waals surface area contributed by atoms with Crippen molar-refractivity contribution in [3.05, 3.63) is 6.61 Å². The fourth-order valence-electron chi connectivity index (χ4n) is 1.12. The molecule has 0 fully saturated rings. The molecule has 0 aromatic heterocycles. The lowest BCUT2D eigenvalue weighted by Gasteiger charge is -1.99. The average molecular weight is 171 g/mol. The van der Waals surface area contributed by atoms with Crippen LogP contribution in [0.3, 0.4) is 0 Å². The maximum absolute atomic E-state index is 9.73. The zero-order chi connectivity index (χ0) is 9.07. The lowest BCUT2D eigenvalue weighted by Crippen LogP contribution is -1.84. The van der Waals surface area contributed by atoms with E-state index < -0.39 is 0 Å². The number of hydrogen-bond donors (Lipinski definition) is 0. The van der Waals surface area contributed by atoms with Crippen LogP contribution in [-0.4, -0.2) is 6.47 Å². The second kappa shape index (κ2) is 10.5. The van der Waals surface area contributed by atoms with E-state index in [-0.39, 0.29) is 0 Å². The Hall–Kier alpha value is -0.530. The van der Waals surface area contributed by atoms with Gasteiger partial charge in [-0.1, -0.05) is 39.0 Å². The van der Waals surface area contributed by atoms with E-state index in [0.717, 1.165) is 12.8 Å². The first-order valence-corrected chi connectivity index (χ1v) is 4.82. The summed E-state index contributed by atoms with van der Waals surface area (Å²) in [5.41, 5.74) is 0. The van der Waals surface area contributed by atoms with Crippen molar-refractivity contribution >= 4 is 6.47 Å². The topological polar surface area (TPSA) is 26.3 Å². The molecule has 0 rings (SSSR count). The van der Waals surface area contributed by atoms with Gasteiger partial charge >= 0.3 is 0 Å². The Kier molecular flexibility index (Phi) is 10.0. The summed E-state index contributed by atoms with van der Waals surface area (Å²) < 4.78 is 4.46. The van der Waals surface area contributed by atoms with Gasteiger partial charge in [0.05, 0.1) is 0 Å². The lowest BCUT2D eigenvalue weighted by molar-refractivity contribution is -0.125. The molecule has 0 amide bonds. The second-order valence-electron chi connectivity index (χ2n) is 2.96. The van der Waals surface area contributed by atoms with Crippen molar-refractivity contribution < 1.29 is 9.53 Å². The van der Waals surface area contributed by atoms with Crippen molar-refractivity contribution in [2.75, 3.05) is 0 Å². The molecule has 0 unspecified atom stereocenters. The highest BCUT2D eigenvalue weighted by atomic mass is 16.5. The van der Waals surface area contributed by atoms with E-state index in [1.165, 1.54) is 32.1 Å². The Morgan fingerprint density at radius 1 is 1.08 bits per heavy atom. The van der Waals surface area contributed by atoms with Crippen molar-refractivity contribution in [2.24, 2.45) is 0 Å². The van der Waals surface area contributed by atoms with E-state index in [0.29, 0.717) is 6.47 Å². The Balaban J connectivity index is 2.77. The van der Waals surface area contributed by atoms with Gasteiger partial charge in [0.1, 0.15) is 6.61 Å². The minimum absolute atomic E-state index is 0.469. The van der Waals surface area contributed by atoms with Crippen LogP contribution < -0.4 is 0 Å². The third-order valence-electron chi connectivity index (χ3n) is 1.83. The number of ether oxygens (including phenoxy) is 1. The van der Waals surface area contributed by atoms with Crippen LogP contribution in [0.1, 0.15) is 51.9 Å². The summed E-state index contributed by atoms with van der Waals surface area (Å²) in [6.45, 7) is 4.26. The fraction of sp³-hybridized carbons (Fsp3) is 0.800. The van der Waals surface area contributed by atoms with Gasteiger partial charge in [0.15, 0.2) is 0 Å². The highest BCUT2D eigenvalue weighted by molar-refractivity contribution is 5.37. The van der Waals surface area contributed by atoms with Crippen molar-refractivity contribution in [1.29, 1.82) is 0 Å². The number of carbonyl (C=O) groups is 1. The van der Waals surface area contributed by atoms with Crippen LogP contribution in [0.5, 0.6) is 0 Å². The van der Waals surface area contributed by atoms with Gasteiger partial charge in [-0.3, -0.25) is 4.79 Å². The van der Waals surface area contributed by atoms with Crippen molar-refractivity contribution in [3.63, 3.8) is 0 Å². The Morgan fingerprint density at radius 2 is 1.75 bits per heavy atom. The summed E-state index contributed by atoms with van der Waals surface area (Å²) in [5, 5.41) is 0. The maximum atomic E-state index is 9.73. The molecule has 0 aliphatic rings. The van der Waals surface area contributed by atoms with Crippen LogP contribution in [0.4, 0.5) is 0 Å².